The Morgan fingerprint density at radius 3 is 2.65 bits per heavy atom. The maximum absolute atomic E-state index is 12.9. The molecule has 3 heteroatoms. The number of nitrogens with zero attached hydrogens (tertiary/aromatic N) is 1. The van der Waals surface area contributed by atoms with E-state index < -0.39 is 0 Å². The third kappa shape index (κ3) is 2.43. The number of carbonyl (C=O) groups excluding carboxylic acids is 1. The predicted octanol–water partition coefficient (Wildman–Crippen LogP) is 4.25. The number of benzene rings is 3. The number of carbonyl (C=O) groups is 1. The Morgan fingerprint density at radius 2 is 1.77 bits per heavy atom. The van der Waals surface area contributed by atoms with E-state index in [1.165, 1.54) is 21.9 Å². The summed E-state index contributed by atoms with van der Waals surface area (Å²) >= 11 is 0. The van der Waals surface area contributed by atoms with Crippen molar-refractivity contribution in [1.29, 1.82) is 0 Å². The highest BCUT2D eigenvalue weighted by Gasteiger charge is 2.45. The fourth-order valence-electron chi connectivity index (χ4n) is 4.43. The summed E-state index contributed by atoms with van der Waals surface area (Å²) in [6.45, 7) is 2.49. The van der Waals surface area contributed by atoms with E-state index in [2.05, 4.69) is 66.7 Å². The Kier molecular flexibility index (Phi) is 3.57. The number of hydrogen-bond acceptors (Lipinski definition) is 2. The van der Waals surface area contributed by atoms with E-state index >= 15 is 0 Å². The van der Waals surface area contributed by atoms with Crippen LogP contribution >= 0.6 is 0 Å². The first-order chi connectivity index (χ1) is 12.7. The van der Waals surface area contributed by atoms with E-state index in [0.29, 0.717) is 6.54 Å². The Morgan fingerprint density at radius 1 is 1.00 bits per heavy atom. The SMILES string of the molecule is CC1OC2Cc3ccccc3C2N(Cc2ccc3ccccc3c2)C1=O. The second kappa shape index (κ2) is 5.96. The number of amides is 1. The highest BCUT2D eigenvalue weighted by Crippen LogP contribution is 2.42. The van der Waals surface area contributed by atoms with Gasteiger partial charge >= 0.3 is 0 Å². The maximum atomic E-state index is 12.9. The lowest BCUT2D eigenvalue weighted by Gasteiger charge is -2.41. The molecule has 1 fully saturated rings. The Labute approximate surface area is 153 Å². The number of ether oxygens (including phenoxy) is 1. The average molecular weight is 343 g/mol. The number of fused-ring (bicyclic) bond motifs is 4. The second-order valence-corrected chi connectivity index (χ2v) is 7.31. The minimum atomic E-state index is -0.383. The van der Waals surface area contributed by atoms with Crippen molar-refractivity contribution in [1.82, 2.24) is 4.90 Å². The van der Waals surface area contributed by atoms with Crippen molar-refractivity contribution in [2.75, 3.05) is 0 Å². The molecule has 1 aliphatic heterocycles. The molecule has 1 heterocycles. The normalized spacial score (nSPS) is 24.6. The fourth-order valence-corrected chi connectivity index (χ4v) is 4.43. The van der Waals surface area contributed by atoms with Crippen molar-refractivity contribution in [3.63, 3.8) is 0 Å². The van der Waals surface area contributed by atoms with Gasteiger partial charge in [0.15, 0.2) is 0 Å². The monoisotopic (exact) mass is 343 g/mol. The molecular formula is C23H21NO2. The van der Waals surface area contributed by atoms with Crippen LogP contribution in [0.15, 0.2) is 66.7 Å². The molecule has 0 N–H and O–H groups in total. The van der Waals surface area contributed by atoms with Crippen molar-refractivity contribution < 1.29 is 9.53 Å². The Bertz CT molecular complexity index is 996. The van der Waals surface area contributed by atoms with E-state index in [4.69, 9.17) is 4.74 Å². The van der Waals surface area contributed by atoms with Gasteiger partial charge in [-0.3, -0.25) is 4.79 Å². The molecule has 26 heavy (non-hydrogen) atoms. The average Bonchev–Trinajstić information content (AvgIpc) is 3.03. The van der Waals surface area contributed by atoms with Gasteiger partial charge in [-0.05, 0) is 40.5 Å². The third-order valence-electron chi connectivity index (χ3n) is 5.66. The molecule has 0 radical (unpaired) electrons. The van der Waals surface area contributed by atoms with Gasteiger partial charge in [0.25, 0.3) is 5.91 Å². The van der Waals surface area contributed by atoms with Crippen LogP contribution in [0, 0.1) is 0 Å². The van der Waals surface area contributed by atoms with Gasteiger partial charge in [0.2, 0.25) is 0 Å². The number of hydrogen-bond donors (Lipinski definition) is 0. The van der Waals surface area contributed by atoms with E-state index in [1.54, 1.807) is 0 Å². The minimum Gasteiger partial charge on any atom is -0.363 e. The molecule has 1 saturated heterocycles. The highest BCUT2D eigenvalue weighted by atomic mass is 16.5. The Balaban J connectivity index is 1.53. The topological polar surface area (TPSA) is 29.5 Å². The largest absolute Gasteiger partial charge is 0.363 e. The smallest absolute Gasteiger partial charge is 0.252 e. The summed E-state index contributed by atoms with van der Waals surface area (Å²) in [5.74, 6) is 0.0797. The van der Waals surface area contributed by atoms with Crippen LogP contribution in [0.4, 0.5) is 0 Å². The summed E-state index contributed by atoms with van der Waals surface area (Å²) in [5.41, 5.74) is 3.70. The first kappa shape index (κ1) is 15.6. The van der Waals surface area contributed by atoms with Gasteiger partial charge < -0.3 is 9.64 Å². The van der Waals surface area contributed by atoms with Gasteiger partial charge in [-0.1, -0.05) is 60.7 Å². The molecule has 0 bridgehead atoms. The molecule has 3 nitrogen and oxygen atoms in total. The van der Waals surface area contributed by atoms with Crippen molar-refractivity contribution in [3.8, 4) is 0 Å². The van der Waals surface area contributed by atoms with Crippen molar-refractivity contribution >= 4 is 16.7 Å². The van der Waals surface area contributed by atoms with E-state index in [0.717, 1.165) is 12.0 Å². The molecular weight excluding hydrogens is 322 g/mol. The summed E-state index contributed by atoms with van der Waals surface area (Å²) in [4.78, 5) is 15.0. The standard InChI is InChI=1S/C23H21NO2/c1-15-23(25)24(14-16-10-11-17-6-2-3-7-18(17)12-16)22-20-9-5-4-8-19(20)13-21(22)26-15/h2-12,15,21-22H,13-14H2,1H3. The fraction of sp³-hybridized carbons (Fsp3) is 0.261. The van der Waals surface area contributed by atoms with E-state index in [1.807, 2.05) is 11.8 Å². The Hall–Kier alpha value is -2.65. The predicted molar refractivity (Wildman–Crippen MR) is 102 cm³/mol. The van der Waals surface area contributed by atoms with Gasteiger partial charge in [0, 0.05) is 13.0 Å². The molecule has 3 unspecified atom stereocenters. The van der Waals surface area contributed by atoms with Gasteiger partial charge in [0.1, 0.15) is 6.10 Å². The van der Waals surface area contributed by atoms with Crippen LogP contribution in [0.5, 0.6) is 0 Å². The summed E-state index contributed by atoms with van der Waals surface area (Å²) in [6, 6.07) is 23.2. The van der Waals surface area contributed by atoms with Gasteiger partial charge in [-0.15, -0.1) is 0 Å². The lowest BCUT2D eigenvalue weighted by atomic mass is 10.0. The quantitative estimate of drug-likeness (QED) is 0.696. The van der Waals surface area contributed by atoms with Crippen LogP contribution < -0.4 is 0 Å². The third-order valence-corrected chi connectivity index (χ3v) is 5.66. The molecule has 0 aromatic heterocycles. The zero-order chi connectivity index (χ0) is 17.7. The van der Waals surface area contributed by atoms with Crippen LogP contribution in [0.3, 0.4) is 0 Å². The van der Waals surface area contributed by atoms with E-state index in [-0.39, 0.29) is 24.2 Å². The van der Waals surface area contributed by atoms with Gasteiger partial charge in [-0.2, -0.15) is 0 Å². The molecule has 3 atom stereocenters. The lowest BCUT2D eigenvalue weighted by Crippen LogP contribution is -2.51. The summed E-state index contributed by atoms with van der Waals surface area (Å²) < 4.78 is 6.05. The first-order valence-corrected chi connectivity index (χ1v) is 9.22. The van der Waals surface area contributed by atoms with E-state index in [9.17, 15) is 4.79 Å². The number of rotatable bonds is 2. The molecule has 3 aromatic carbocycles. The molecule has 0 saturated carbocycles. The molecule has 1 aliphatic carbocycles. The molecule has 130 valence electrons. The highest BCUT2D eigenvalue weighted by molar-refractivity contribution is 5.84. The second-order valence-electron chi connectivity index (χ2n) is 7.31. The summed E-state index contributed by atoms with van der Waals surface area (Å²) in [5, 5.41) is 2.43. The van der Waals surface area contributed by atoms with Crippen molar-refractivity contribution in [3.05, 3.63) is 83.4 Å². The van der Waals surface area contributed by atoms with Gasteiger partial charge in [-0.25, -0.2) is 0 Å². The van der Waals surface area contributed by atoms with Crippen LogP contribution in [0.2, 0.25) is 0 Å². The number of morpholine rings is 1. The molecule has 5 rings (SSSR count). The molecule has 2 aliphatic rings. The molecule has 1 amide bonds. The maximum Gasteiger partial charge on any atom is 0.252 e. The van der Waals surface area contributed by atoms with Gasteiger partial charge in [0.05, 0.1) is 12.1 Å². The lowest BCUT2D eigenvalue weighted by molar-refractivity contribution is -0.169. The van der Waals surface area contributed by atoms with Crippen molar-refractivity contribution in [2.24, 2.45) is 0 Å². The zero-order valence-electron chi connectivity index (χ0n) is 14.8. The van der Waals surface area contributed by atoms with Crippen LogP contribution in [0.1, 0.15) is 29.7 Å². The molecule has 0 spiro atoms. The van der Waals surface area contributed by atoms with Crippen LogP contribution in [0.25, 0.3) is 10.8 Å². The van der Waals surface area contributed by atoms with Crippen molar-refractivity contribution in [2.45, 2.75) is 38.1 Å². The zero-order valence-corrected chi connectivity index (χ0v) is 14.8. The van der Waals surface area contributed by atoms with Crippen LogP contribution in [-0.4, -0.2) is 23.0 Å². The summed E-state index contributed by atoms with van der Waals surface area (Å²) in [6.07, 6.45) is 0.554. The minimum absolute atomic E-state index is 0.0152. The molecule has 3 aromatic rings. The van der Waals surface area contributed by atoms with Crippen LogP contribution in [-0.2, 0) is 22.5 Å². The first-order valence-electron chi connectivity index (χ1n) is 9.22. The summed E-state index contributed by atoms with van der Waals surface area (Å²) in [7, 11) is 0.